The van der Waals surface area contributed by atoms with Gasteiger partial charge in [0.25, 0.3) is 0 Å². The van der Waals surface area contributed by atoms with Gasteiger partial charge in [-0.15, -0.1) is 0 Å². The van der Waals surface area contributed by atoms with E-state index in [9.17, 15) is 9.59 Å². The molecule has 0 bridgehead atoms. The van der Waals surface area contributed by atoms with Crippen LogP contribution in [0.25, 0.3) is 22.0 Å². The molecule has 2 aromatic carbocycles. The normalized spacial score (nSPS) is 10.9. The number of nitrogens with one attached hydrogen (secondary N) is 1. The van der Waals surface area contributed by atoms with E-state index in [-0.39, 0.29) is 11.9 Å². The minimum atomic E-state index is -0.351. The molecular weight excluding hydrogens is 400 g/mol. The van der Waals surface area contributed by atoms with Crippen molar-refractivity contribution in [1.82, 2.24) is 9.88 Å². The molecule has 3 aromatic rings. The Morgan fingerprint density at radius 3 is 2.50 bits per heavy atom. The fourth-order valence-electron chi connectivity index (χ4n) is 3.71. The molecular formula is C24H27ClN2O3. The van der Waals surface area contributed by atoms with Crippen LogP contribution in [0.5, 0.6) is 0 Å². The molecule has 1 aromatic heterocycles. The first-order valence-corrected chi connectivity index (χ1v) is 10.8. The van der Waals surface area contributed by atoms with Crippen molar-refractivity contribution < 1.29 is 14.3 Å². The van der Waals surface area contributed by atoms with Crippen LogP contribution in [0, 0.1) is 0 Å². The van der Waals surface area contributed by atoms with E-state index < -0.39 is 0 Å². The number of unbranched alkanes of at least 4 members (excludes halogenated alkanes) is 1. The topological polar surface area (TPSA) is 60.3 Å². The quantitative estimate of drug-likeness (QED) is 0.366. The number of esters is 1. The Labute approximate surface area is 182 Å². The van der Waals surface area contributed by atoms with E-state index in [1.807, 2.05) is 54.0 Å². The fraction of sp³-hybridized carbons (Fsp3) is 0.333. The summed E-state index contributed by atoms with van der Waals surface area (Å²) in [6, 6.07) is 15.5. The summed E-state index contributed by atoms with van der Waals surface area (Å²) in [5, 5.41) is 5.17. The van der Waals surface area contributed by atoms with Gasteiger partial charge in [-0.25, -0.2) is 4.79 Å². The van der Waals surface area contributed by atoms with E-state index in [1.165, 1.54) is 0 Å². The van der Waals surface area contributed by atoms with Gasteiger partial charge >= 0.3 is 5.97 Å². The highest BCUT2D eigenvalue weighted by atomic mass is 35.5. The predicted molar refractivity (Wildman–Crippen MR) is 121 cm³/mol. The predicted octanol–water partition coefficient (Wildman–Crippen LogP) is 5.44. The molecule has 1 N–H and O–H groups in total. The molecule has 0 aliphatic heterocycles. The van der Waals surface area contributed by atoms with E-state index in [4.69, 9.17) is 16.3 Å². The zero-order valence-corrected chi connectivity index (χ0v) is 18.2. The molecule has 5 nitrogen and oxygen atoms in total. The lowest BCUT2D eigenvalue weighted by Gasteiger charge is -2.13. The van der Waals surface area contributed by atoms with Crippen LogP contribution in [-0.2, 0) is 16.1 Å². The van der Waals surface area contributed by atoms with E-state index >= 15 is 0 Å². The zero-order valence-electron chi connectivity index (χ0n) is 17.4. The van der Waals surface area contributed by atoms with Gasteiger partial charge < -0.3 is 14.6 Å². The van der Waals surface area contributed by atoms with Gasteiger partial charge in [-0.3, -0.25) is 4.79 Å². The van der Waals surface area contributed by atoms with Crippen LogP contribution in [0.2, 0.25) is 5.02 Å². The summed E-state index contributed by atoms with van der Waals surface area (Å²) in [6.07, 6.45) is 1.96. The lowest BCUT2D eigenvalue weighted by atomic mass is 10.1. The largest absolute Gasteiger partial charge is 0.461 e. The summed E-state index contributed by atoms with van der Waals surface area (Å²) in [7, 11) is 0. The Bertz CT molecular complexity index is 1030. The summed E-state index contributed by atoms with van der Waals surface area (Å²) in [5.41, 5.74) is 2.47. The molecule has 3 rings (SSSR count). The van der Waals surface area contributed by atoms with Crippen molar-refractivity contribution in [2.24, 2.45) is 0 Å². The van der Waals surface area contributed by atoms with E-state index in [1.54, 1.807) is 13.0 Å². The van der Waals surface area contributed by atoms with Crippen LogP contribution in [0.4, 0.5) is 0 Å². The lowest BCUT2D eigenvalue weighted by Crippen LogP contribution is -2.22. The average molecular weight is 427 g/mol. The molecule has 0 aliphatic carbocycles. The molecule has 0 aliphatic rings. The number of rotatable bonds is 9. The highest BCUT2D eigenvalue weighted by Gasteiger charge is 2.24. The van der Waals surface area contributed by atoms with Crippen LogP contribution < -0.4 is 5.32 Å². The maximum Gasteiger partial charge on any atom is 0.355 e. The van der Waals surface area contributed by atoms with Gasteiger partial charge in [0.05, 0.1) is 12.3 Å². The first kappa shape index (κ1) is 21.9. The molecule has 1 amide bonds. The summed E-state index contributed by atoms with van der Waals surface area (Å²) in [4.78, 5) is 24.7. The molecule has 0 saturated carbocycles. The Kier molecular flexibility index (Phi) is 7.52. The third-order valence-corrected chi connectivity index (χ3v) is 5.19. The molecule has 0 saturated heterocycles. The molecule has 30 heavy (non-hydrogen) atoms. The van der Waals surface area contributed by atoms with Gasteiger partial charge in [-0.2, -0.15) is 0 Å². The highest BCUT2D eigenvalue weighted by molar-refractivity contribution is 6.31. The molecule has 1 heterocycles. The van der Waals surface area contributed by atoms with Crippen LogP contribution in [0.3, 0.4) is 0 Å². The number of fused-ring (bicyclic) bond motifs is 1. The van der Waals surface area contributed by atoms with E-state index in [0.29, 0.717) is 36.8 Å². The molecule has 158 valence electrons. The van der Waals surface area contributed by atoms with Crippen molar-refractivity contribution in [3.63, 3.8) is 0 Å². The smallest absolute Gasteiger partial charge is 0.355 e. The van der Waals surface area contributed by atoms with Crippen LogP contribution in [-0.4, -0.2) is 29.6 Å². The van der Waals surface area contributed by atoms with Crippen LogP contribution >= 0.6 is 11.6 Å². The second-order valence-electron chi connectivity index (χ2n) is 7.04. The fourth-order valence-corrected chi connectivity index (χ4v) is 3.89. The molecule has 0 fully saturated rings. The summed E-state index contributed by atoms with van der Waals surface area (Å²) >= 11 is 6.30. The summed E-state index contributed by atoms with van der Waals surface area (Å²) in [5.74, 6) is -0.299. The van der Waals surface area contributed by atoms with Gasteiger partial charge in [0.1, 0.15) is 5.69 Å². The number of aromatic nitrogens is 1. The number of hydrogen-bond acceptors (Lipinski definition) is 3. The van der Waals surface area contributed by atoms with Crippen molar-refractivity contribution >= 4 is 34.2 Å². The lowest BCUT2D eigenvalue weighted by molar-refractivity contribution is -0.121. The average Bonchev–Trinajstić information content (AvgIpc) is 3.05. The number of ether oxygens (including phenoxy) is 1. The standard InChI is InChI=1S/C24H27ClN2O3/c1-3-26-21(28)12-8-9-15-27-22(17-10-6-5-7-11-17)20-16-18(25)13-14-19(20)23(27)24(29)30-4-2/h5-7,10-11,13-14,16H,3-4,8-9,12,15H2,1-2H3,(H,26,28). The Hall–Kier alpha value is -2.79. The maximum atomic E-state index is 12.9. The number of amides is 1. The third kappa shape index (κ3) is 4.85. The SMILES string of the molecule is CCNC(=O)CCCCn1c(C(=O)OCC)c2ccc(Cl)cc2c1-c1ccccc1. The Morgan fingerprint density at radius 2 is 1.80 bits per heavy atom. The highest BCUT2D eigenvalue weighted by Crippen LogP contribution is 2.36. The second-order valence-corrected chi connectivity index (χ2v) is 7.47. The Morgan fingerprint density at radius 1 is 1.03 bits per heavy atom. The van der Waals surface area contributed by atoms with Crippen molar-refractivity contribution in [1.29, 1.82) is 0 Å². The number of nitrogens with zero attached hydrogens (tertiary/aromatic N) is 1. The zero-order chi connectivity index (χ0) is 21.5. The first-order valence-electron chi connectivity index (χ1n) is 10.4. The monoisotopic (exact) mass is 426 g/mol. The first-order chi connectivity index (χ1) is 14.6. The second kappa shape index (κ2) is 10.3. The number of carbonyl (C=O) groups excluding carboxylic acids is 2. The summed E-state index contributed by atoms with van der Waals surface area (Å²) in [6.45, 7) is 5.25. The van der Waals surface area contributed by atoms with Crippen LogP contribution in [0.1, 0.15) is 43.6 Å². The molecule has 0 unspecified atom stereocenters. The number of hydrogen-bond donors (Lipinski definition) is 1. The van der Waals surface area contributed by atoms with Gasteiger partial charge in [0.2, 0.25) is 5.91 Å². The van der Waals surface area contributed by atoms with Crippen molar-refractivity contribution in [2.45, 2.75) is 39.7 Å². The Balaban J connectivity index is 2.06. The number of carbonyl (C=O) groups is 2. The molecule has 0 radical (unpaired) electrons. The van der Waals surface area contributed by atoms with Gasteiger partial charge in [0.15, 0.2) is 0 Å². The molecule has 0 atom stereocenters. The number of benzene rings is 2. The maximum absolute atomic E-state index is 12.9. The van der Waals surface area contributed by atoms with Gasteiger partial charge in [0, 0.05) is 35.3 Å². The van der Waals surface area contributed by atoms with Crippen molar-refractivity contribution in [2.75, 3.05) is 13.2 Å². The summed E-state index contributed by atoms with van der Waals surface area (Å²) < 4.78 is 7.40. The van der Waals surface area contributed by atoms with Crippen molar-refractivity contribution in [3.05, 3.63) is 59.2 Å². The van der Waals surface area contributed by atoms with Crippen LogP contribution in [0.15, 0.2) is 48.5 Å². The minimum Gasteiger partial charge on any atom is -0.461 e. The molecule has 0 spiro atoms. The van der Waals surface area contributed by atoms with E-state index in [0.717, 1.165) is 34.9 Å². The van der Waals surface area contributed by atoms with E-state index in [2.05, 4.69) is 5.32 Å². The molecule has 6 heteroatoms. The van der Waals surface area contributed by atoms with Gasteiger partial charge in [-0.05, 0) is 44.4 Å². The van der Waals surface area contributed by atoms with Crippen molar-refractivity contribution in [3.8, 4) is 11.3 Å². The number of halogens is 1. The third-order valence-electron chi connectivity index (χ3n) is 4.96. The van der Waals surface area contributed by atoms with Gasteiger partial charge in [-0.1, -0.05) is 48.0 Å². The minimum absolute atomic E-state index is 0.0517.